The maximum Gasteiger partial charge on any atom is 0.255 e. The summed E-state index contributed by atoms with van der Waals surface area (Å²) in [6.07, 6.45) is -8.86. The first-order valence-corrected chi connectivity index (χ1v) is 19.2. The summed E-state index contributed by atoms with van der Waals surface area (Å²) in [5.41, 5.74) is 2.12. The van der Waals surface area contributed by atoms with Crippen LogP contribution in [0.5, 0.6) is 11.5 Å². The highest BCUT2D eigenvalue weighted by molar-refractivity contribution is 5.98. The largest absolute Gasteiger partial charge is 0.507 e. The van der Waals surface area contributed by atoms with Gasteiger partial charge in [-0.25, -0.2) is 0 Å². The number of hydrogen-bond acceptors (Lipinski definition) is 17. The van der Waals surface area contributed by atoms with Gasteiger partial charge in [0.2, 0.25) is 0 Å². The molecular weight excluding hydrogens is 762 g/mol. The highest BCUT2D eigenvalue weighted by Crippen LogP contribution is 2.28. The van der Waals surface area contributed by atoms with Gasteiger partial charge in [0.05, 0.1) is 36.5 Å². The molecule has 0 bridgehead atoms. The smallest absolute Gasteiger partial charge is 0.255 e. The van der Waals surface area contributed by atoms with Crippen molar-refractivity contribution in [1.82, 2.24) is 25.8 Å². The van der Waals surface area contributed by atoms with Crippen molar-refractivity contribution in [3.8, 4) is 11.5 Å². The van der Waals surface area contributed by atoms with Crippen molar-refractivity contribution >= 4 is 11.8 Å². The van der Waals surface area contributed by atoms with Gasteiger partial charge in [0.25, 0.3) is 11.8 Å². The van der Waals surface area contributed by atoms with Crippen LogP contribution >= 0.6 is 0 Å². The van der Waals surface area contributed by atoms with Crippen LogP contribution in [0.2, 0.25) is 0 Å². The zero-order chi connectivity index (χ0) is 43.1. The van der Waals surface area contributed by atoms with Crippen LogP contribution in [0.1, 0.15) is 55.8 Å². The molecule has 3 rings (SSSR count). The Kier molecular flexibility index (Phi) is 19.7. The SMILES string of the molecule is Cc1cc(CN2/C=C\CN(Cc3cc(C)cc(C(=O)NCC(O)C(O)C(O)C(O)CO)c3O)CCCNCCC2)c(O)c(C(=O)NCC(O)C(O)C(O)C(O)CO)c1. The molecule has 0 radical (unpaired) electrons. The van der Waals surface area contributed by atoms with Crippen molar-refractivity contribution < 1.29 is 70.9 Å². The second kappa shape index (κ2) is 23.6. The lowest BCUT2D eigenvalue weighted by atomic mass is 10.0. The van der Waals surface area contributed by atoms with E-state index in [4.69, 9.17) is 10.2 Å². The van der Waals surface area contributed by atoms with E-state index in [2.05, 4.69) is 20.9 Å². The van der Waals surface area contributed by atoms with Gasteiger partial charge >= 0.3 is 0 Å². The van der Waals surface area contributed by atoms with Crippen LogP contribution in [0.4, 0.5) is 0 Å². The molecule has 58 heavy (non-hydrogen) atoms. The molecule has 0 aromatic heterocycles. The van der Waals surface area contributed by atoms with Gasteiger partial charge in [-0.1, -0.05) is 18.2 Å². The summed E-state index contributed by atoms with van der Waals surface area (Å²) in [6, 6.07) is 6.44. The van der Waals surface area contributed by atoms with Crippen LogP contribution in [0.25, 0.3) is 0 Å². The first kappa shape index (κ1) is 48.4. The summed E-state index contributed by atoms with van der Waals surface area (Å²) >= 11 is 0. The Morgan fingerprint density at radius 1 is 0.655 bits per heavy atom. The number of phenols is 2. The fourth-order valence-electron chi connectivity index (χ4n) is 6.45. The fourth-order valence-corrected chi connectivity index (χ4v) is 6.45. The van der Waals surface area contributed by atoms with E-state index in [1.54, 1.807) is 26.0 Å². The number of nitrogens with one attached hydrogen (secondary N) is 3. The van der Waals surface area contributed by atoms with Gasteiger partial charge in [-0.15, -0.1) is 0 Å². The third-order valence-electron chi connectivity index (χ3n) is 9.82. The van der Waals surface area contributed by atoms with Crippen LogP contribution < -0.4 is 16.0 Å². The van der Waals surface area contributed by atoms with Gasteiger partial charge in [-0.3, -0.25) is 14.5 Å². The Hall–Kier alpha value is -3.96. The number of aliphatic hydroxyl groups is 10. The molecule has 326 valence electrons. The summed E-state index contributed by atoms with van der Waals surface area (Å²) in [6.45, 7) is 4.32. The zero-order valence-corrected chi connectivity index (χ0v) is 32.9. The number of nitrogens with zero attached hydrogens (tertiary/aromatic N) is 2. The van der Waals surface area contributed by atoms with Crippen molar-refractivity contribution in [1.29, 1.82) is 0 Å². The standard InChI is InChI=1S/C39H61N5O14/c1-22-12-24(32(51)26(14-22)38(57)41-16-28(47)34(53)36(55)30(49)20-45)18-43-8-3-6-40-7-4-9-44(11-5-10-43)19-25-13-23(2)15-27(33(25)52)39(58)42-17-29(48)35(54)37(56)31(50)21-46/h5,10,12-15,28-31,34-37,40,45-56H,3-4,6-9,11,16-21H2,1-2H3,(H,41,57)(H,42,58)/b10-5-. The van der Waals surface area contributed by atoms with Crippen LogP contribution in [0.3, 0.4) is 0 Å². The number of phenolic OH excluding ortho intramolecular Hbond substituents is 2. The summed E-state index contributed by atoms with van der Waals surface area (Å²) in [5, 5.41) is 128. The molecule has 2 aromatic carbocycles. The van der Waals surface area contributed by atoms with Crippen molar-refractivity contribution in [2.24, 2.45) is 0 Å². The van der Waals surface area contributed by atoms with Gasteiger partial charge in [-0.05, 0) is 69.2 Å². The predicted octanol–water partition coefficient (Wildman–Crippen LogP) is -3.75. The lowest BCUT2D eigenvalue weighted by Crippen LogP contribution is -2.49. The van der Waals surface area contributed by atoms with Crippen LogP contribution in [0.15, 0.2) is 36.5 Å². The molecule has 1 aliphatic heterocycles. The summed E-state index contributed by atoms with van der Waals surface area (Å²) in [7, 11) is 0. The highest BCUT2D eigenvalue weighted by Gasteiger charge is 2.32. The van der Waals surface area contributed by atoms with Crippen molar-refractivity contribution in [2.45, 2.75) is 88.6 Å². The van der Waals surface area contributed by atoms with E-state index in [1.165, 1.54) is 12.1 Å². The Balaban J connectivity index is 1.73. The second-order valence-corrected chi connectivity index (χ2v) is 14.7. The molecule has 0 fully saturated rings. The van der Waals surface area contributed by atoms with E-state index in [0.717, 1.165) is 19.4 Å². The maximum atomic E-state index is 13.1. The van der Waals surface area contributed by atoms with Crippen molar-refractivity contribution in [3.63, 3.8) is 0 Å². The third kappa shape index (κ3) is 14.1. The Bertz CT molecular complexity index is 1650. The molecule has 8 atom stereocenters. The molecule has 0 spiro atoms. The molecule has 0 saturated heterocycles. The molecule has 8 unspecified atom stereocenters. The molecular formula is C39H61N5O14. The lowest BCUT2D eigenvalue weighted by molar-refractivity contribution is -0.113. The predicted molar refractivity (Wildman–Crippen MR) is 210 cm³/mol. The van der Waals surface area contributed by atoms with Crippen LogP contribution in [-0.4, -0.2) is 191 Å². The molecule has 1 aliphatic rings. The number of hydrogen-bond donors (Lipinski definition) is 15. The number of carbonyl (C=O) groups is 2. The zero-order valence-electron chi connectivity index (χ0n) is 32.9. The Labute approximate surface area is 337 Å². The van der Waals surface area contributed by atoms with E-state index >= 15 is 0 Å². The maximum absolute atomic E-state index is 13.1. The third-order valence-corrected chi connectivity index (χ3v) is 9.82. The van der Waals surface area contributed by atoms with Gasteiger partial charge in [0, 0.05) is 56.9 Å². The van der Waals surface area contributed by atoms with Gasteiger partial charge in [0.1, 0.15) is 48.1 Å². The van der Waals surface area contributed by atoms with Gasteiger partial charge in [-0.2, -0.15) is 0 Å². The fraction of sp³-hybridized carbons (Fsp3) is 0.590. The summed E-state index contributed by atoms with van der Waals surface area (Å²) < 4.78 is 0. The molecule has 19 heteroatoms. The average molecular weight is 824 g/mol. The first-order valence-electron chi connectivity index (χ1n) is 19.2. The topological polar surface area (TPSA) is 319 Å². The number of rotatable bonds is 18. The minimum Gasteiger partial charge on any atom is -0.507 e. The number of aromatic hydroxyl groups is 2. The number of amides is 2. The van der Waals surface area contributed by atoms with E-state index in [1.807, 2.05) is 17.2 Å². The van der Waals surface area contributed by atoms with Crippen molar-refractivity contribution in [2.75, 3.05) is 59.0 Å². The molecule has 2 amide bonds. The lowest BCUT2D eigenvalue weighted by Gasteiger charge is -2.26. The minimum atomic E-state index is -1.87. The van der Waals surface area contributed by atoms with Crippen molar-refractivity contribution in [3.05, 3.63) is 69.9 Å². The number of benzene rings is 2. The van der Waals surface area contributed by atoms with E-state index < -0.39 is 86.9 Å². The second-order valence-electron chi connectivity index (χ2n) is 14.7. The Morgan fingerprint density at radius 3 is 1.55 bits per heavy atom. The summed E-state index contributed by atoms with van der Waals surface area (Å²) in [4.78, 5) is 30.2. The molecule has 15 N–H and O–H groups in total. The normalized spacial score (nSPS) is 19.3. The molecule has 19 nitrogen and oxygen atoms in total. The van der Waals surface area contributed by atoms with E-state index in [0.29, 0.717) is 48.4 Å². The number of aryl methyl sites for hydroxylation is 2. The van der Waals surface area contributed by atoms with E-state index in [9.17, 15) is 60.7 Å². The van der Waals surface area contributed by atoms with Crippen LogP contribution in [-0.2, 0) is 13.1 Å². The Morgan fingerprint density at radius 2 is 1.09 bits per heavy atom. The molecule has 2 aromatic rings. The molecule has 1 heterocycles. The first-order chi connectivity index (χ1) is 27.5. The van der Waals surface area contributed by atoms with Gasteiger partial charge < -0.3 is 82.1 Å². The quantitative estimate of drug-likeness (QED) is 0.0687. The molecule has 0 saturated carbocycles. The van der Waals surface area contributed by atoms with Gasteiger partial charge in [0.15, 0.2) is 0 Å². The van der Waals surface area contributed by atoms with E-state index in [-0.39, 0.29) is 35.7 Å². The summed E-state index contributed by atoms with van der Waals surface area (Å²) in [5.74, 6) is -2.05. The number of carbonyl (C=O) groups excluding carboxylic acids is 2. The average Bonchev–Trinajstić information content (AvgIpc) is 3.20. The van der Waals surface area contributed by atoms with Crippen LogP contribution in [0, 0.1) is 13.8 Å². The monoisotopic (exact) mass is 823 g/mol. The molecule has 0 aliphatic carbocycles. The number of aliphatic hydroxyl groups excluding tert-OH is 10. The highest BCUT2D eigenvalue weighted by atomic mass is 16.4. The minimum absolute atomic E-state index is 0.0677.